The van der Waals surface area contributed by atoms with E-state index >= 15 is 0 Å². The van der Waals surface area contributed by atoms with E-state index in [1.807, 2.05) is 0 Å². The van der Waals surface area contributed by atoms with Crippen molar-refractivity contribution in [1.82, 2.24) is 10.5 Å². The van der Waals surface area contributed by atoms with E-state index in [-0.39, 0.29) is 6.54 Å². The van der Waals surface area contributed by atoms with Crippen LogP contribution < -0.4 is 5.43 Å². The third-order valence-corrected chi connectivity index (χ3v) is 4.68. The fraction of sp³-hybridized carbons (Fsp3) is 0.278. The van der Waals surface area contributed by atoms with Gasteiger partial charge in [-0.1, -0.05) is 12.2 Å². The highest BCUT2D eigenvalue weighted by Crippen LogP contribution is 2.24. The highest BCUT2D eigenvalue weighted by atomic mass is 32.2. The minimum Gasteiger partial charge on any atom is -0.494 e. The first-order valence-corrected chi connectivity index (χ1v) is 10.4. The topological polar surface area (TPSA) is 161 Å². The molecule has 0 saturated carbocycles. The monoisotopic (exact) mass is 447 g/mol. The van der Waals surface area contributed by atoms with Gasteiger partial charge in [0.15, 0.2) is 0 Å². The van der Waals surface area contributed by atoms with E-state index in [0.29, 0.717) is 22.9 Å². The number of hydrogen-bond acceptors (Lipinski definition) is 10. The summed E-state index contributed by atoms with van der Waals surface area (Å²) < 4.78 is 41.6. The van der Waals surface area contributed by atoms with Gasteiger partial charge >= 0.3 is 0 Å². The van der Waals surface area contributed by atoms with Crippen LogP contribution in [0.2, 0.25) is 0 Å². The van der Waals surface area contributed by atoms with E-state index in [1.54, 1.807) is 43.5 Å². The van der Waals surface area contributed by atoms with Gasteiger partial charge in [-0.05, 0) is 45.8 Å². The molecule has 2 N–H and O–H groups in total. The fourth-order valence-electron chi connectivity index (χ4n) is 2.51. The average molecular weight is 447 g/mol. The average Bonchev–Trinajstić information content (AvgIpc) is 2.76. The van der Waals surface area contributed by atoms with Gasteiger partial charge in [0.1, 0.15) is 22.9 Å². The van der Waals surface area contributed by atoms with Gasteiger partial charge < -0.3 is 9.47 Å². The Morgan fingerprint density at radius 3 is 2.19 bits per heavy atom. The van der Waals surface area contributed by atoms with Crippen molar-refractivity contribution in [2.75, 3.05) is 33.6 Å². The van der Waals surface area contributed by atoms with Crippen LogP contribution in [0.3, 0.4) is 0 Å². The lowest BCUT2D eigenvalue weighted by atomic mass is 9.97. The Bertz CT molecular complexity index is 1090. The molecule has 0 unspecified atom stereocenters. The molecule has 0 aromatic heterocycles. The number of nitriles is 1. The predicted molar refractivity (Wildman–Crippen MR) is 113 cm³/mol. The summed E-state index contributed by atoms with van der Waals surface area (Å²) in [5.41, 5.74) is 5.19. The third-order valence-electron chi connectivity index (χ3n) is 3.98. The smallest absolute Gasteiger partial charge is 0.266 e. The molecule has 0 radical (unpaired) electrons. The van der Waals surface area contributed by atoms with Crippen molar-refractivity contribution in [3.63, 3.8) is 0 Å². The molecule has 2 aliphatic rings. The van der Waals surface area contributed by atoms with E-state index in [1.165, 1.54) is 25.5 Å². The molecule has 0 aromatic carbocycles. The first-order chi connectivity index (χ1) is 14.8. The van der Waals surface area contributed by atoms with E-state index in [2.05, 4.69) is 26.0 Å². The number of hydrazone groups is 1. The molecule has 0 amide bonds. The van der Waals surface area contributed by atoms with Crippen molar-refractivity contribution >= 4 is 21.5 Å². The number of ether oxygens (including phenoxy) is 2. The van der Waals surface area contributed by atoms with Crippen LogP contribution in [0, 0.1) is 11.5 Å². The molecule has 0 aliphatic heterocycles. The quantitative estimate of drug-likeness (QED) is 0.244. The molecule has 2 aliphatic carbocycles. The molecule has 0 saturated heterocycles. The van der Waals surface area contributed by atoms with Crippen LogP contribution in [-0.2, 0) is 19.6 Å². The number of rotatable bonds is 8. The maximum atomic E-state index is 11.0. The van der Waals surface area contributed by atoms with Gasteiger partial charge in [-0.15, -0.1) is 5.10 Å². The van der Waals surface area contributed by atoms with Crippen LogP contribution in [0.1, 0.15) is 0 Å². The van der Waals surface area contributed by atoms with Crippen LogP contribution in [-0.4, -0.2) is 63.1 Å². The van der Waals surface area contributed by atoms with Crippen molar-refractivity contribution in [3.8, 4) is 6.19 Å². The second kappa shape index (κ2) is 11.0. The Labute approximate surface area is 179 Å². The fourth-order valence-corrected chi connectivity index (χ4v) is 2.92. The summed E-state index contributed by atoms with van der Waals surface area (Å²) in [4.78, 5) is 0. The summed E-state index contributed by atoms with van der Waals surface area (Å²) in [7, 11) is 0.430. The second-order valence-corrected chi connectivity index (χ2v) is 7.47. The van der Waals surface area contributed by atoms with Crippen molar-refractivity contribution in [3.05, 3.63) is 59.1 Å². The molecule has 0 aromatic rings. The van der Waals surface area contributed by atoms with Crippen molar-refractivity contribution in [2.24, 2.45) is 20.5 Å². The number of hydrogen-bond donors (Lipinski definition) is 2. The van der Waals surface area contributed by atoms with Gasteiger partial charge in [-0.2, -0.15) is 18.8 Å². The van der Waals surface area contributed by atoms with Gasteiger partial charge in [0, 0.05) is 7.05 Å². The number of nitrogens with zero attached hydrogens (tertiary/aromatic N) is 6. The minimum atomic E-state index is -4.12. The molecular weight excluding hydrogens is 426 g/mol. The molecule has 2 rings (SSSR count). The number of hydrazine groups is 1. The normalized spacial score (nSPS) is 21.3. The summed E-state index contributed by atoms with van der Waals surface area (Å²) >= 11 is 0. The molecular formula is C18H21N7O5S. The Hall–Kier alpha value is -3.60. The Morgan fingerprint density at radius 2 is 1.68 bits per heavy atom. The highest BCUT2D eigenvalue weighted by Gasteiger charge is 2.17. The van der Waals surface area contributed by atoms with Gasteiger partial charge in [-0.25, -0.2) is 10.5 Å². The molecule has 31 heavy (non-hydrogen) atoms. The molecule has 0 fully saturated rings. The molecule has 0 atom stereocenters. The predicted octanol–water partition coefficient (Wildman–Crippen LogP) is 1.45. The van der Waals surface area contributed by atoms with Gasteiger partial charge in [0.05, 0.1) is 26.5 Å². The summed E-state index contributed by atoms with van der Waals surface area (Å²) in [6.07, 6.45) is 12.0. The second-order valence-electron chi connectivity index (χ2n) is 5.90. The SMILES string of the molecule is CNN(CCS(=O)(=O)O)N=C1C=CC(=C2C=CC(=NN=NC#N)C(OC)=C2)C=C1OC. The van der Waals surface area contributed by atoms with Gasteiger partial charge in [0.2, 0.25) is 6.19 Å². The van der Waals surface area contributed by atoms with Crippen LogP contribution in [0.15, 0.2) is 79.7 Å². The molecule has 12 nitrogen and oxygen atoms in total. The highest BCUT2D eigenvalue weighted by molar-refractivity contribution is 7.85. The first kappa shape index (κ1) is 23.7. The largest absolute Gasteiger partial charge is 0.494 e. The van der Waals surface area contributed by atoms with Crippen LogP contribution in [0.5, 0.6) is 0 Å². The number of nitrogens with one attached hydrogen (secondary N) is 1. The Morgan fingerprint density at radius 1 is 1.10 bits per heavy atom. The minimum absolute atomic E-state index is 0.0639. The number of allylic oxidation sites excluding steroid dienone is 8. The lowest BCUT2D eigenvalue weighted by Crippen LogP contribution is -2.35. The Balaban J connectivity index is 2.32. The van der Waals surface area contributed by atoms with Crippen LogP contribution >= 0.6 is 0 Å². The first-order valence-electron chi connectivity index (χ1n) is 8.79. The summed E-state index contributed by atoms with van der Waals surface area (Å²) in [5.74, 6) is 0.400. The lowest BCUT2D eigenvalue weighted by Gasteiger charge is -2.20. The van der Waals surface area contributed by atoms with E-state index in [4.69, 9.17) is 19.3 Å². The zero-order valence-electron chi connectivity index (χ0n) is 17.1. The van der Waals surface area contributed by atoms with E-state index < -0.39 is 15.9 Å². The maximum Gasteiger partial charge on any atom is 0.266 e. The lowest BCUT2D eigenvalue weighted by molar-refractivity contribution is 0.228. The summed E-state index contributed by atoms with van der Waals surface area (Å²) in [6.45, 7) is -0.0639. The van der Waals surface area contributed by atoms with Crippen LogP contribution in [0.25, 0.3) is 0 Å². The molecule has 13 heteroatoms. The Kier molecular flexibility index (Phi) is 8.38. The molecule has 0 bridgehead atoms. The summed E-state index contributed by atoms with van der Waals surface area (Å²) in [5, 5.41) is 24.3. The van der Waals surface area contributed by atoms with Gasteiger partial charge in [-0.3, -0.25) is 4.55 Å². The van der Waals surface area contributed by atoms with E-state index in [9.17, 15) is 8.42 Å². The molecule has 0 heterocycles. The number of methoxy groups -OCH3 is 2. The molecule has 164 valence electrons. The standard InChI is InChI=1S/C18H21N7O5S/c1-20-25(8-9-31(26,27)28)23-16-7-5-14(11-18(16)30-3)13-4-6-15(17(10-13)29-2)22-24-21-12-19/h4-7,10-11,20H,8-9H2,1-3H3,(H,26,27,28). The van der Waals surface area contributed by atoms with Gasteiger partial charge in [0.25, 0.3) is 10.1 Å². The van der Waals surface area contributed by atoms with Crippen molar-refractivity contribution < 1.29 is 22.4 Å². The van der Waals surface area contributed by atoms with Crippen molar-refractivity contribution in [1.29, 1.82) is 5.26 Å². The third kappa shape index (κ3) is 7.00. The van der Waals surface area contributed by atoms with Crippen LogP contribution in [0.4, 0.5) is 0 Å². The van der Waals surface area contributed by atoms with Crippen molar-refractivity contribution in [2.45, 2.75) is 0 Å². The maximum absolute atomic E-state index is 11.0. The zero-order chi connectivity index (χ0) is 22.9. The summed E-state index contributed by atoms with van der Waals surface area (Å²) in [6, 6.07) is 0. The zero-order valence-corrected chi connectivity index (χ0v) is 17.9. The molecule has 0 spiro atoms. The van der Waals surface area contributed by atoms with E-state index in [0.717, 1.165) is 11.1 Å².